The molecule has 11 atom stereocenters. The standard InChI is InChI=1S/C41H55NO9/c1-22-21-48-34(32(50-24(3)44)31(22)49-23(2)43)51-35(47)41-16-14-36(4,5)19-25(41)30-27(45)18-29-38(8)20-26(42-11)33(46)37(6,7)28(38)12-13-39(29,9)40(30,10)15-17-41/h18,20,22,25,28,30-32,34H,12-17,19,21H2,1-10H3. The van der Waals surface area contributed by atoms with E-state index in [0.717, 1.165) is 24.8 Å². The van der Waals surface area contributed by atoms with Gasteiger partial charge in [-0.25, -0.2) is 4.85 Å². The molecular weight excluding hydrogens is 650 g/mol. The van der Waals surface area contributed by atoms with Crippen molar-refractivity contribution in [3.05, 3.63) is 34.8 Å². The van der Waals surface area contributed by atoms with Crippen LogP contribution in [0, 0.1) is 62.7 Å². The number of rotatable bonds is 4. The van der Waals surface area contributed by atoms with Gasteiger partial charge in [0.2, 0.25) is 18.1 Å². The van der Waals surface area contributed by atoms with Gasteiger partial charge in [0.05, 0.1) is 18.6 Å². The maximum absolute atomic E-state index is 14.9. The second-order valence-electron chi connectivity index (χ2n) is 18.6. The molecule has 10 nitrogen and oxygen atoms in total. The Morgan fingerprint density at radius 3 is 2.14 bits per heavy atom. The molecule has 0 N–H and O–H groups in total. The molecule has 11 unspecified atom stereocenters. The van der Waals surface area contributed by atoms with Gasteiger partial charge >= 0.3 is 17.9 Å². The lowest BCUT2D eigenvalue weighted by molar-refractivity contribution is -0.270. The van der Waals surface area contributed by atoms with Crippen LogP contribution < -0.4 is 0 Å². The summed E-state index contributed by atoms with van der Waals surface area (Å²) in [6.07, 6.45) is 5.07. The highest BCUT2D eigenvalue weighted by Gasteiger charge is 2.71. The molecule has 0 aromatic rings. The van der Waals surface area contributed by atoms with Crippen LogP contribution >= 0.6 is 0 Å². The Hall–Kier alpha value is -3.32. The molecule has 0 bridgehead atoms. The van der Waals surface area contributed by atoms with Crippen molar-refractivity contribution in [1.82, 2.24) is 0 Å². The molecule has 0 aromatic heterocycles. The average molecular weight is 706 g/mol. The van der Waals surface area contributed by atoms with Gasteiger partial charge in [0.1, 0.15) is 6.10 Å². The topological polar surface area (TPSA) is 127 Å². The van der Waals surface area contributed by atoms with E-state index in [0.29, 0.717) is 25.7 Å². The van der Waals surface area contributed by atoms with Crippen LogP contribution in [-0.4, -0.2) is 54.6 Å². The van der Waals surface area contributed by atoms with E-state index < -0.39 is 69.4 Å². The van der Waals surface area contributed by atoms with E-state index in [9.17, 15) is 24.0 Å². The third-order valence-corrected chi connectivity index (χ3v) is 14.8. The van der Waals surface area contributed by atoms with Crippen molar-refractivity contribution in [1.29, 1.82) is 0 Å². The smallest absolute Gasteiger partial charge is 0.314 e. The van der Waals surface area contributed by atoms with Crippen LogP contribution in [0.4, 0.5) is 0 Å². The number of carbonyl (C=O) groups excluding carboxylic acids is 5. The van der Waals surface area contributed by atoms with E-state index in [4.69, 9.17) is 25.5 Å². The molecule has 0 spiro atoms. The predicted octanol–water partition coefficient (Wildman–Crippen LogP) is 6.96. The monoisotopic (exact) mass is 705 g/mol. The van der Waals surface area contributed by atoms with Crippen LogP contribution in [0.2, 0.25) is 0 Å². The normalized spacial score (nSPS) is 43.7. The Bertz CT molecular complexity index is 1670. The minimum atomic E-state index is -1.28. The van der Waals surface area contributed by atoms with Gasteiger partial charge in [-0.1, -0.05) is 67.0 Å². The Balaban J connectivity index is 1.41. The quantitative estimate of drug-likeness (QED) is 0.173. The minimum Gasteiger partial charge on any atom is -0.458 e. The van der Waals surface area contributed by atoms with Gasteiger partial charge in [-0.3, -0.25) is 19.2 Å². The first kappa shape index (κ1) is 37.4. The number of esters is 3. The molecule has 51 heavy (non-hydrogen) atoms. The molecule has 1 aliphatic heterocycles. The Kier molecular flexibility index (Phi) is 8.89. The number of hydrogen-bond acceptors (Lipinski definition) is 9. The molecule has 0 amide bonds. The van der Waals surface area contributed by atoms with Crippen LogP contribution in [0.1, 0.15) is 114 Å². The maximum Gasteiger partial charge on any atom is 0.314 e. The highest BCUT2D eigenvalue weighted by molar-refractivity contribution is 6.03. The third kappa shape index (κ3) is 5.46. The van der Waals surface area contributed by atoms with Crippen LogP contribution in [0.25, 0.3) is 4.85 Å². The summed E-state index contributed by atoms with van der Waals surface area (Å²) in [5.74, 6) is -2.91. The zero-order valence-electron chi connectivity index (χ0n) is 32.0. The van der Waals surface area contributed by atoms with Crippen molar-refractivity contribution in [3.8, 4) is 0 Å². The summed E-state index contributed by atoms with van der Waals surface area (Å²) in [6.45, 7) is 27.2. The molecular formula is C41H55NO9. The Morgan fingerprint density at radius 1 is 0.882 bits per heavy atom. The first-order valence-electron chi connectivity index (χ1n) is 18.7. The molecule has 1 heterocycles. The second kappa shape index (κ2) is 12.1. The Labute approximate surface area is 302 Å². The summed E-state index contributed by atoms with van der Waals surface area (Å²) in [7, 11) is 0. The molecule has 5 aliphatic carbocycles. The summed E-state index contributed by atoms with van der Waals surface area (Å²) in [5.41, 5.74) is -2.26. The fraction of sp³-hybridized carbons (Fsp3) is 0.756. The van der Waals surface area contributed by atoms with E-state index in [1.54, 1.807) is 0 Å². The number of fused-ring (bicyclic) bond motifs is 7. The zero-order valence-corrected chi connectivity index (χ0v) is 32.0. The maximum atomic E-state index is 14.9. The summed E-state index contributed by atoms with van der Waals surface area (Å²) >= 11 is 0. The fourth-order valence-electron chi connectivity index (χ4n) is 11.9. The number of ketones is 2. The number of hydrogen-bond donors (Lipinski definition) is 0. The van der Waals surface area contributed by atoms with E-state index in [-0.39, 0.29) is 47.0 Å². The van der Waals surface area contributed by atoms with Crippen molar-refractivity contribution < 1.29 is 42.9 Å². The van der Waals surface area contributed by atoms with Crippen molar-refractivity contribution in [2.45, 2.75) is 133 Å². The van der Waals surface area contributed by atoms with Gasteiger partial charge in [-0.05, 0) is 79.1 Å². The molecule has 10 heteroatoms. The molecule has 0 radical (unpaired) electrons. The van der Waals surface area contributed by atoms with Crippen LogP contribution in [0.15, 0.2) is 23.4 Å². The molecule has 1 saturated heterocycles. The molecule has 6 aliphatic rings. The van der Waals surface area contributed by atoms with E-state index >= 15 is 0 Å². The van der Waals surface area contributed by atoms with Gasteiger partial charge in [-0.15, -0.1) is 0 Å². The fourth-order valence-corrected chi connectivity index (χ4v) is 11.9. The molecule has 4 fully saturated rings. The van der Waals surface area contributed by atoms with Gasteiger partial charge in [-0.2, -0.15) is 0 Å². The van der Waals surface area contributed by atoms with E-state index in [1.165, 1.54) is 13.8 Å². The number of Topliss-reactive ketones (excluding diaryl/α,β-unsaturated/α-hetero) is 1. The lowest BCUT2D eigenvalue weighted by Crippen LogP contribution is -2.66. The molecule has 6 rings (SSSR count). The van der Waals surface area contributed by atoms with Crippen molar-refractivity contribution in [3.63, 3.8) is 0 Å². The van der Waals surface area contributed by atoms with E-state index in [2.05, 4.69) is 39.5 Å². The first-order chi connectivity index (χ1) is 23.6. The zero-order chi connectivity index (χ0) is 37.7. The largest absolute Gasteiger partial charge is 0.458 e. The number of allylic oxidation sites excluding steroid dienone is 4. The first-order valence-corrected chi connectivity index (χ1v) is 18.7. The van der Waals surface area contributed by atoms with Gasteiger partial charge < -0.3 is 23.7 Å². The van der Waals surface area contributed by atoms with Gasteiger partial charge in [0.15, 0.2) is 11.6 Å². The van der Waals surface area contributed by atoms with Crippen LogP contribution in [0.3, 0.4) is 0 Å². The van der Waals surface area contributed by atoms with Gasteiger partial charge in [0, 0.05) is 36.5 Å². The highest BCUT2D eigenvalue weighted by atomic mass is 16.7. The van der Waals surface area contributed by atoms with Crippen molar-refractivity contribution in [2.24, 2.45) is 56.2 Å². The number of carbonyl (C=O) groups is 5. The Morgan fingerprint density at radius 2 is 1.51 bits per heavy atom. The van der Waals surface area contributed by atoms with E-state index in [1.807, 2.05) is 32.9 Å². The second-order valence-corrected chi connectivity index (χ2v) is 18.6. The van der Waals surface area contributed by atoms with Crippen LogP contribution in [0.5, 0.6) is 0 Å². The molecule has 278 valence electrons. The lowest BCUT2D eigenvalue weighted by Gasteiger charge is -2.69. The van der Waals surface area contributed by atoms with Crippen molar-refractivity contribution in [2.75, 3.05) is 6.61 Å². The molecule has 0 aromatic carbocycles. The molecule has 3 saturated carbocycles. The number of nitrogens with zero attached hydrogens (tertiary/aromatic N) is 1. The lowest BCUT2D eigenvalue weighted by atomic mass is 9.34. The highest BCUT2D eigenvalue weighted by Crippen LogP contribution is 2.74. The predicted molar refractivity (Wildman–Crippen MR) is 186 cm³/mol. The van der Waals surface area contributed by atoms with Gasteiger partial charge in [0.25, 0.3) is 0 Å². The summed E-state index contributed by atoms with van der Waals surface area (Å²) in [4.78, 5) is 71.0. The number of ether oxygens (including phenoxy) is 4. The summed E-state index contributed by atoms with van der Waals surface area (Å²) in [5, 5.41) is 0. The minimum absolute atomic E-state index is 0.00523. The summed E-state index contributed by atoms with van der Waals surface area (Å²) in [6, 6.07) is 0. The average Bonchev–Trinajstić information content (AvgIpc) is 3.02. The third-order valence-electron chi connectivity index (χ3n) is 14.8. The van der Waals surface area contributed by atoms with Crippen LogP contribution in [-0.2, 0) is 42.9 Å². The SMILES string of the molecule is [C-]#[N+]C1=CC2(C)C3=CC(=O)C4C5CC(C)(C)CCC5(C(=O)OC5OCC(C)C(OC(C)=O)C5OC(C)=O)CCC4(C)C3(C)CCC2C(C)(C)C1=O. The summed E-state index contributed by atoms with van der Waals surface area (Å²) < 4.78 is 23.4. The van der Waals surface area contributed by atoms with Crippen molar-refractivity contribution >= 4 is 29.5 Å².